The predicted molar refractivity (Wildman–Crippen MR) is 44.3 cm³/mol. The Morgan fingerprint density at radius 1 is 1.42 bits per heavy atom. The minimum atomic E-state index is -1.10. The first-order chi connectivity index (χ1) is 5.76. The summed E-state index contributed by atoms with van der Waals surface area (Å²) in [5.41, 5.74) is -0.445. The number of carboxylic acids is 1. The first-order valence-corrected chi connectivity index (χ1v) is 3.45. The topological polar surface area (TPSA) is 62.0 Å². The van der Waals surface area contributed by atoms with E-state index >= 15 is 0 Å². The number of aliphatic imine (C=N–C) groups is 2. The Bertz CT molecular complexity index is 352. The third-order valence-corrected chi connectivity index (χ3v) is 1.94. The molecule has 0 aromatic carbocycles. The Balaban J connectivity index is 2.54. The average molecular weight is 162 g/mol. The molecule has 4 nitrogen and oxygen atoms in total. The van der Waals surface area contributed by atoms with Gasteiger partial charge >= 0.3 is 5.97 Å². The maximum atomic E-state index is 10.9. The summed E-state index contributed by atoms with van der Waals surface area (Å²) in [6, 6.07) is 0. The van der Waals surface area contributed by atoms with E-state index in [0.29, 0.717) is 5.57 Å². The van der Waals surface area contributed by atoms with E-state index in [2.05, 4.69) is 9.98 Å². The van der Waals surface area contributed by atoms with E-state index in [1.54, 1.807) is 12.3 Å². The van der Waals surface area contributed by atoms with Crippen LogP contribution in [0, 0.1) is 5.41 Å². The maximum Gasteiger partial charge on any atom is 0.325 e. The molecular formula is C8H6N2O2. The van der Waals surface area contributed by atoms with Crippen LogP contribution in [0.3, 0.4) is 0 Å². The second kappa shape index (κ2) is 2.14. The second-order valence-electron chi connectivity index (χ2n) is 2.63. The number of carboxylic acid groups (broad SMARTS) is 1. The van der Waals surface area contributed by atoms with Gasteiger partial charge in [-0.3, -0.25) is 14.8 Å². The molecule has 0 aliphatic carbocycles. The van der Waals surface area contributed by atoms with Crippen molar-refractivity contribution in [1.82, 2.24) is 0 Å². The summed E-state index contributed by atoms with van der Waals surface area (Å²) in [5.74, 6) is -0.942. The molecule has 2 rings (SSSR count). The molecule has 0 spiro atoms. The van der Waals surface area contributed by atoms with Gasteiger partial charge in [0.1, 0.15) is 0 Å². The lowest BCUT2D eigenvalue weighted by Gasteiger charge is -2.19. The molecule has 12 heavy (non-hydrogen) atoms. The molecule has 2 aliphatic rings. The Kier molecular flexibility index (Phi) is 1.24. The fraction of sp³-hybridized carbons (Fsp3) is 0.125. The quantitative estimate of drug-likeness (QED) is 0.614. The lowest BCUT2D eigenvalue weighted by Crippen LogP contribution is -2.35. The highest BCUT2D eigenvalue weighted by Gasteiger charge is 2.41. The molecule has 2 heterocycles. The van der Waals surface area contributed by atoms with Crippen molar-refractivity contribution in [2.45, 2.75) is 0 Å². The van der Waals surface area contributed by atoms with E-state index < -0.39 is 11.4 Å². The van der Waals surface area contributed by atoms with Gasteiger partial charge in [-0.2, -0.15) is 0 Å². The van der Waals surface area contributed by atoms with Crippen molar-refractivity contribution >= 4 is 18.4 Å². The Hall–Kier alpha value is -1.71. The van der Waals surface area contributed by atoms with E-state index in [-0.39, 0.29) is 0 Å². The monoisotopic (exact) mass is 162 g/mol. The molecule has 2 aliphatic heterocycles. The van der Waals surface area contributed by atoms with E-state index in [9.17, 15) is 4.79 Å². The molecule has 0 aromatic heterocycles. The number of hydrogen-bond acceptors (Lipinski definition) is 3. The van der Waals surface area contributed by atoms with Crippen molar-refractivity contribution in [3.05, 3.63) is 24.0 Å². The zero-order valence-electron chi connectivity index (χ0n) is 6.14. The van der Waals surface area contributed by atoms with Crippen molar-refractivity contribution in [3.8, 4) is 0 Å². The number of carbonyl (C=O) groups is 1. The van der Waals surface area contributed by atoms with Crippen LogP contribution in [0.25, 0.3) is 0 Å². The fourth-order valence-electron chi connectivity index (χ4n) is 1.22. The van der Waals surface area contributed by atoms with Crippen LogP contribution >= 0.6 is 0 Å². The van der Waals surface area contributed by atoms with E-state index in [4.69, 9.17) is 5.11 Å². The maximum absolute atomic E-state index is 10.9. The number of fused-ring (bicyclic) bond motifs is 1. The molecular weight excluding hydrogens is 156 g/mol. The average Bonchev–Trinajstić information content (AvgIpc) is 2.48. The van der Waals surface area contributed by atoms with Crippen molar-refractivity contribution in [3.63, 3.8) is 0 Å². The van der Waals surface area contributed by atoms with Gasteiger partial charge in [0.05, 0.1) is 0 Å². The van der Waals surface area contributed by atoms with Crippen LogP contribution < -0.4 is 0 Å². The summed E-state index contributed by atoms with van der Waals surface area (Å²) in [5, 5.41) is 8.94. The molecule has 0 radical (unpaired) electrons. The van der Waals surface area contributed by atoms with Gasteiger partial charge in [-0.1, -0.05) is 0 Å². The number of nitrogens with zero attached hydrogens (tertiary/aromatic N) is 2. The molecule has 60 valence electrons. The highest BCUT2D eigenvalue weighted by Crippen LogP contribution is 2.31. The van der Waals surface area contributed by atoms with Crippen molar-refractivity contribution in [1.29, 1.82) is 0 Å². The Labute approximate surface area is 68.6 Å². The lowest BCUT2D eigenvalue weighted by molar-refractivity contribution is -0.139. The van der Waals surface area contributed by atoms with Gasteiger partial charge in [0, 0.05) is 24.8 Å². The normalized spacial score (nSPS) is 30.2. The van der Waals surface area contributed by atoms with Gasteiger partial charge < -0.3 is 5.11 Å². The number of hydrogen-bond donors (Lipinski definition) is 1. The van der Waals surface area contributed by atoms with Crippen LogP contribution in [-0.2, 0) is 4.79 Å². The molecule has 1 atom stereocenters. The van der Waals surface area contributed by atoms with E-state index in [0.717, 1.165) is 0 Å². The summed E-state index contributed by atoms with van der Waals surface area (Å²) in [4.78, 5) is 18.5. The van der Waals surface area contributed by atoms with Gasteiger partial charge in [0.2, 0.25) is 0 Å². The minimum Gasteiger partial charge on any atom is -0.480 e. The minimum absolute atomic E-state index is 0.657. The molecule has 0 amide bonds. The predicted octanol–water partition coefficient (Wildman–Crippen LogP) is 0.624. The van der Waals surface area contributed by atoms with Crippen molar-refractivity contribution in [2.75, 3.05) is 0 Å². The van der Waals surface area contributed by atoms with Gasteiger partial charge in [-0.15, -0.1) is 0 Å². The van der Waals surface area contributed by atoms with Crippen LogP contribution in [0.1, 0.15) is 0 Å². The highest BCUT2D eigenvalue weighted by atomic mass is 16.4. The first-order valence-electron chi connectivity index (χ1n) is 3.45. The largest absolute Gasteiger partial charge is 0.480 e. The third kappa shape index (κ3) is 0.689. The molecule has 0 saturated heterocycles. The summed E-state index contributed by atoms with van der Waals surface area (Å²) in [6.45, 7) is 0. The number of rotatable bonds is 1. The standard InChI is InChI=1S/C8H6N2O2/c11-7(12)8-4-9-2-1-6(8)3-10-5-8/h1-5H,(H,11,12). The van der Waals surface area contributed by atoms with Crippen LogP contribution in [0.2, 0.25) is 0 Å². The summed E-state index contributed by atoms with van der Waals surface area (Å²) < 4.78 is 0. The van der Waals surface area contributed by atoms with Crippen molar-refractivity contribution in [2.24, 2.45) is 15.4 Å². The van der Waals surface area contributed by atoms with E-state index in [1.807, 2.05) is 0 Å². The lowest BCUT2D eigenvalue weighted by atomic mass is 9.83. The van der Waals surface area contributed by atoms with Crippen LogP contribution in [0.5, 0.6) is 0 Å². The summed E-state index contributed by atoms with van der Waals surface area (Å²) >= 11 is 0. The summed E-state index contributed by atoms with van der Waals surface area (Å²) in [6.07, 6.45) is 7.52. The number of aliphatic carboxylic acids is 1. The third-order valence-electron chi connectivity index (χ3n) is 1.94. The Morgan fingerprint density at radius 2 is 2.17 bits per heavy atom. The highest BCUT2D eigenvalue weighted by molar-refractivity contribution is 6.16. The first kappa shape index (κ1) is 6.97. The zero-order chi connectivity index (χ0) is 8.60. The van der Waals surface area contributed by atoms with Crippen LogP contribution in [-0.4, -0.2) is 23.5 Å². The van der Waals surface area contributed by atoms with Crippen molar-refractivity contribution < 1.29 is 9.90 Å². The number of allylic oxidation sites excluding steroid dienone is 1. The molecule has 4 heteroatoms. The Morgan fingerprint density at radius 3 is 2.83 bits per heavy atom. The van der Waals surface area contributed by atoms with E-state index in [1.165, 1.54) is 18.6 Å². The van der Waals surface area contributed by atoms with Gasteiger partial charge in [-0.25, -0.2) is 0 Å². The van der Waals surface area contributed by atoms with Gasteiger partial charge in [-0.05, 0) is 11.6 Å². The zero-order valence-corrected chi connectivity index (χ0v) is 6.14. The molecule has 0 saturated carbocycles. The smallest absolute Gasteiger partial charge is 0.325 e. The second-order valence-corrected chi connectivity index (χ2v) is 2.63. The van der Waals surface area contributed by atoms with Crippen LogP contribution in [0.15, 0.2) is 34.0 Å². The SMILES string of the molecule is O=C(O)C12C=NC=CC1=CN=C2. The molecule has 0 aromatic rings. The van der Waals surface area contributed by atoms with Gasteiger partial charge in [0.25, 0.3) is 0 Å². The van der Waals surface area contributed by atoms with Crippen LogP contribution in [0.4, 0.5) is 0 Å². The molecule has 0 bridgehead atoms. The fourth-order valence-corrected chi connectivity index (χ4v) is 1.22. The van der Waals surface area contributed by atoms with Gasteiger partial charge in [0.15, 0.2) is 5.41 Å². The molecule has 1 N–H and O–H groups in total. The summed E-state index contributed by atoms with van der Waals surface area (Å²) in [7, 11) is 0. The molecule has 0 fully saturated rings. The molecule has 1 unspecified atom stereocenters.